The molecule has 2 aromatic heterocycles. The standard InChI is InChI=1S/C23H27ClN6O/c1-15-6-8-20(30-27-12-17(3)28-30)19(11-15)23(31)29-10-4-5-16(2)21(29)14-26-22-9-7-18(24)13-25-22/h6-9,11-13,16,21H,4-5,10,14H2,1-3H3,(H,25,26)/t16-,21?/m1/s1. The first kappa shape index (κ1) is 21.3. The lowest BCUT2D eigenvalue weighted by atomic mass is 9.89. The average molecular weight is 439 g/mol. The second-order valence-electron chi connectivity index (χ2n) is 8.22. The molecule has 2 atom stereocenters. The Morgan fingerprint density at radius 1 is 1.23 bits per heavy atom. The minimum Gasteiger partial charge on any atom is -0.368 e. The molecule has 0 spiro atoms. The van der Waals surface area contributed by atoms with Gasteiger partial charge in [-0.15, -0.1) is 0 Å². The van der Waals surface area contributed by atoms with Gasteiger partial charge in [-0.3, -0.25) is 4.79 Å². The van der Waals surface area contributed by atoms with Crippen molar-refractivity contribution in [2.45, 2.75) is 39.7 Å². The van der Waals surface area contributed by atoms with E-state index >= 15 is 0 Å². The Labute approximate surface area is 187 Å². The lowest BCUT2D eigenvalue weighted by Crippen LogP contribution is -2.51. The van der Waals surface area contributed by atoms with Gasteiger partial charge in [0, 0.05) is 19.3 Å². The fraction of sp³-hybridized carbons (Fsp3) is 0.391. The number of aryl methyl sites for hydroxylation is 2. The van der Waals surface area contributed by atoms with Crippen molar-refractivity contribution in [2.75, 3.05) is 18.4 Å². The zero-order valence-electron chi connectivity index (χ0n) is 18.0. The van der Waals surface area contributed by atoms with Crippen LogP contribution >= 0.6 is 11.6 Å². The van der Waals surface area contributed by atoms with Gasteiger partial charge in [-0.1, -0.05) is 30.2 Å². The van der Waals surface area contributed by atoms with Crippen LogP contribution in [0, 0.1) is 19.8 Å². The first-order valence-electron chi connectivity index (χ1n) is 10.6. The summed E-state index contributed by atoms with van der Waals surface area (Å²) in [6, 6.07) is 9.55. The highest BCUT2D eigenvalue weighted by Gasteiger charge is 2.33. The van der Waals surface area contributed by atoms with Crippen molar-refractivity contribution in [3.63, 3.8) is 0 Å². The number of hydrogen-bond acceptors (Lipinski definition) is 5. The Hall–Kier alpha value is -2.93. The van der Waals surface area contributed by atoms with Gasteiger partial charge in [0.15, 0.2) is 0 Å². The van der Waals surface area contributed by atoms with Crippen LogP contribution in [0.2, 0.25) is 5.02 Å². The molecule has 1 aliphatic rings. The first-order valence-corrected chi connectivity index (χ1v) is 11.0. The maximum absolute atomic E-state index is 13.8. The predicted octanol–water partition coefficient (Wildman–Crippen LogP) is 4.29. The summed E-state index contributed by atoms with van der Waals surface area (Å²) >= 11 is 5.94. The van der Waals surface area contributed by atoms with Gasteiger partial charge in [0.2, 0.25) is 0 Å². The molecule has 3 aromatic rings. The Kier molecular flexibility index (Phi) is 6.23. The van der Waals surface area contributed by atoms with Crippen LogP contribution in [0.3, 0.4) is 0 Å². The minimum atomic E-state index is 0.0102. The number of hydrogen-bond donors (Lipinski definition) is 1. The van der Waals surface area contributed by atoms with Crippen molar-refractivity contribution in [3.8, 4) is 5.69 Å². The molecule has 0 saturated carbocycles. The number of halogens is 1. The Balaban J connectivity index is 1.61. The fourth-order valence-corrected chi connectivity index (χ4v) is 4.22. The van der Waals surface area contributed by atoms with Crippen molar-refractivity contribution >= 4 is 23.3 Å². The van der Waals surface area contributed by atoms with Gasteiger partial charge in [-0.2, -0.15) is 15.0 Å². The molecular weight excluding hydrogens is 412 g/mol. The van der Waals surface area contributed by atoms with E-state index in [4.69, 9.17) is 11.6 Å². The van der Waals surface area contributed by atoms with Gasteiger partial charge in [0.25, 0.3) is 5.91 Å². The summed E-state index contributed by atoms with van der Waals surface area (Å²) in [4.78, 5) is 21.6. The van der Waals surface area contributed by atoms with Gasteiger partial charge < -0.3 is 10.2 Å². The second kappa shape index (κ2) is 9.06. The lowest BCUT2D eigenvalue weighted by Gasteiger charge is -2.40. The molecule has 162 valence electrons. The highest BCUT2D eigenvalue weighted by atomic mass is 35.5. The third-order valence-electron chi connectivity index (χ3n) is 5.80. The molecule has 1 aromatic carbocycles. The highest BCUT2D eigenvalue weighted by molar-refractivity contribution is 6.30. The van der Waals surface area contributed by atoms with E-state index in [0.717, 1.165) is 36.5 Å². The van der Waals surface area contributed by atoms with E-state index in [1.807, 2.05) is 49.1 Å². The van der Waals surface area contributed by atoms with Crippen LogP contribution in [0.1, 0.15) is 41.4 Å². The van der Waals surface area contributed by atoms with E-state index < -0.39 is 0 Å². The normalized spacial score (nSPS) is 18.8. The number of nitrogens with zero attached hydrogens (tertiary/aromatic N) is 5. The summed E-state index contributed by atoms with van der Waals surface area (Å²) in [7, 11) is 0. The van der Waals surface area contributed by atoms with Crippen LogP contribution in [0.15, 0.2) is 42.7 Å². The maximum Gasteiger partial charge on any atom is 0.256 e. The van der Waals surface area contributed by atoms with E-state index in [9.17, 15) is 4.79 Å². The number of piperidine rings is 1. The topological polar surface area (TPSA) is 75.9 Å². The monoisotopic (exact) mass is 438 g/mol. The molecule has 31 heavy (non-hydrogen) atoms. The van der Waals surface area contributed by atoms with E-state index in [0.29, 0.717) is 28.7 Å². The number of anilines is 1. The lowest BCUT2D eigenvalue weighted by molar-refractivity contribution is 0.0539. The van der Waals surface area contributed by atoms with Crippen LogP contribution in [0.5, 0.6) is 0 Å². The molecule has 0 bridgehead atoms. The molecule has 4 rings (SSSR count). The van der Waals surface area contributed by atoms with Crippen molar-refractivity contribution in [3.05, 3.63) is 64.6 Å². The van der Waals surface area contributed by atoms with E-state index in [1.165, 1.54) is 0 Å². The molecule has 8 heteroatoms. The minimum absolute atomic E-state index is 0.0102. The number of carbonyl (C=O) groups is 1. The van der Waals surface area contributed by atoms with E-state index in [2.05, 4.69) is 27.4 Å². The largest absolute Gasteiger partial charge is 0.368 e. The fourth-order valence-electron chi connectivity index (χ4n) is 4.11. The molecule has 0 aliphatic carbocycles. The summed E-state index contributed by atoms with van der Waals surface area (Å²) in [6.07, 6.45) is 5.39. The predicted molar refractivity (Wildman–Crippen MR) is 122 cm³/mol. The molecule has 1 saturated heterocycles. The van der Waals surface area contributed by atoms with Gasteiger partial charge in [-0.05, 0) is 56.9 Å². The van der Waals surface area contributed by atoms with Crippen LogP contribution < -0.4 is 5.32 Å². The Bertz CT molecular complexity index is 1060. The highest BCUT2D eigenvalue weighted by Crippen LogP contribution is 2.27. The molecule has 1 amide bonds. The zero-order chi connectivity index (χ0) is 22.0. The van der Waals surface area contributed by atoms with Crippen molar-refractivity contribution in [1.29, 1.82) is 0 Å². The Morgan fingerprint density at radius 3 is 2.77 bits per heavy atom. The van der Waals surface area contributed by atoms with Gasteiger partial charge in [0.05, 0.1) is 34.2 Å². The second-order valence-corrected chi connectivity index (χ2v) is 8.66. The number of likely N-dealkylation sites (tertiary alicyclic amines) is 1. The molecule has 1 N–H and O–H groups in total. The SMILES string of the molecule is Cc1ccc(-n2ncc(C)n2)c(C(=O)N2CCC[C@@H](C)C2CNc2ccc(Cl)cn2)c1. The van der Waals surface area contributed by atoms with E-state index in [-0.39, 0.29) is 11.9 Å². The number of nitrogens with one attached hydrogen (secondary N) is 1. The molecule has 1 fully saturated rings. The summed E-state index contributed by atoms with van der Waals surface area (Å²) in [5, 5.41) is 12.7. The third kappa shape index (κ3) is 4.71. The van der Waals surface area contributed by atoms with Crippen LogP contribution in [-0.4, -0.2) is 49.9 Å². The quantitative estimate of drug-likeness (QED) is 0.643. The summed E-state index contributed by atoms with van der Waals surface area (Å²) < 4.78 is 0. The smallest absolute Gasteiger partial charge is 0.256 e. The molecular formula is C23H27ClN6O. The number of amides is 1. The maximum atomic E-state index is 13.8. The summed E-state index contributed by atoms with van der Waals surface area (Å²) in [6.45, 7) is 7.44. The van der Waals surface area contributed by atoms with E-state index in [1.54, 1.807) is 17.2 Å². The van der Waals surface area contributed by atoms with Crippen molar-refractivity contribution in [2.24, 2.45) is 5.92 Å². The van der Waals surface area contributed by atoms with Gasteiger partial charge >= 0.3 is 0 Å². The van der Waals surface area contributed by atoms with Gasteiger partial charge in [0.1, 0.15) is 5.82 Å². The molecule has 1 unspecified atom stereocenters. The Morgan fingerprint density at radius 2 is 2.06 bits per heavy atom. The van der Waals surface area contributed by atoms with Crippen LogP contribution in [-0.2, 0) is 0 Å². The van der Waals surface area contributed by atoms with Crippen LogP contribution in [0.25, 0.3) is 5.69 Å². The number of benzene rings is 1. The molecule has 3 heterocycles. The van der Waals surface area contributed by atoms with Crippen molar-refractivity contribution in [1.82, 2.24) is 24.9 Å². The van der Waals surface area contributed by atoms with Crippen molar-refractivity contribution < 1.29 is 4.79 Å². The third-order valence-corrected chi connectivity index (χ3v) is 6.02. The molecule has 1 aliphatic heterocycles. The van der Waals surface area contributed by atoms with Crippen LogP contribution in [0.4, 0.5) is 5.82 Å². The number of rotatable bonds is 5. The summed E-state index contributed by atoms with van der Waals surface area (Å²) in [5.74, 6) is 1.13. The summed E-state index contributed by atoms with van der Waals surface area (Å²) in [5.41, 5.74) is 3.16. The number of pyridine rings is 1. The number of carbonyl (C=O) groups excluding carboxylic acids is 1. The average Bonchev–Trinajstić information content (AvgIpc) is 3.19. The zero-order valence-corrected chi connectivity index (χ0v) is 18.8. The first-order chi connectivity index (χ1) is 14.9. The molecule has 0 radical (unpaired) electrons. The number of aromatic nitrogens is 4. The molecule has 7 nitrogen and oxygen atoms in total. The van der Waals surface area contributed by atoms with Gasteiger partial charge in [-0.25, -0.2) is 4.98 Å².